The molecule has 1 aromatic heterocycles. The van der Waals surface area contributed by atoms with E-state index in [9.17, 15) is 9.59 Å². The SMILES string of the molecule is CN1C(=O)/C(=N\N=c2/sc3ccccc3n2C)c2ccccc2C1=O. The minimum absolute atomic E-state index is 0.176. The van der Waals surface area contributed by atoms with Crippen LogP contribution in [0.2, 0.25) is 0 Å². The molecule has 124 valence electrons. The van der Waals surface area contributed by atoms with E-state index in [2.05, 4.69) is 10.2 Å². The minimum Gasteiger partial charge on any atom is -0.318 e. The number of hydrogen-bond donors (Lipinski definition) is 0. The number of aromatic nitrogens is 1. The van der Waals surface area contributed by atoms with Crippen LogP contribution in [0.4, 0.5) is 0 Å². The summed E-state index contributed by atoms with van der Waals surface area (Å²) in [6.07, 6.45) is 0. The Hall–Kier alpha value is -3.06. The average Bonchev–Trinajstić information content (AvgIpc) is 2.96. The molecule has 0 bridgehead atoms. The lowest BCUT2D eigenvalue weighted by Gasteiger charge is -2.23. The van der Waals surface area contributed by atoms with E-state index < -0.39 is 5.91 Å². The average molecular weight is 350 g/mol. The first-order valence-corrected chi connectivity index (χ1v) is 8.47. The first-order valence-electron chi connectivity index (χ1n) is 7.66. The topological polar surface area (TPSA) is 67.0 Å². The van der Waals surface area contributed by atoms with Gasteiger partial charge in [-0.15, -0.1) is 10.2 Å². The summed E-state index contributed by atoms with van der Waals surface area (Å²) in [7, 11) is 3.36. The largest absolute Gasteiger partial charge is 0.318 e. The molecule has 0 fully saturated rings. The summed E-state index contributed by atoms with van der Waals surface area (Å²) in [5.74, 6) is -0.775. The Kier molecular flexibility index (Phi) is 3.58. The molecule has 1 aliphatic rings. The Morgan fingerprint density at radius 2 is 1.52 bits per heavy atom. The number of thiazole rings is 1. The van der Waals surface area contributed by atoms with E-state index >= 15 is 0 Å². The van der Waals surface area contributed by atoms with Crippen LogP contribution in [-0.2, 0) is 11.8 Å². The van der Waals surface area contributed by atoms with Crippen LogP contribution in [0.5, 0.6) is 0 Å². The van der Waals surface area contributed by atoms with Crippen molar-refractivity contribution in [3.63, 3.8) is 0 Å². The highest BCUT2D eigenvalue weighted by Gasteiger charge is 2.33. The van der Waals surface area contributed by atoms with Crippen molar-refractivity contribution in [3.05, 3.63) is 64.5 Å². The van der Waals surface area contributed by atoms with Crippen LogP contribution in [-0.4, -0.2) is 34.0 Å². The molecular weight excluding hydrogens is 336 g/mol. The number of likely N-dealkylation sites (N-methyl/N-ethyl adjacent to an activating group) is 1. The van der Waals surface area contributed by atoms with E-state index in [1.54, 1.807) is 24.3 Å². The van der Waals surface area contributed by atoms with Crippen molar-refractivity contribution in [2.24, 2.45) is 17.3 Å². The van der Waals surface area contributed by atoms with Crippen molar-refractivity contribution in [3.8, 4) is 0 Å². The fourth-order valence-electron chi connectivity index (χ4n) is 2.79. The highest BCUT2D eigenvalue weighted by atomic mass is 32.1. The second-order valence-corrected chi connectivity index (χ2v) is 6.68. The zero-order chi connectivity index (χ0) is 17.6. The number of carbonyl (C=O) groups is 2. The molecular formula is C18H14N4O2S. The maximum absolute atomic E-state index is 12.5. The molecule has 2 heterocycles. The molecule has 0 unspecified atom stereocenters. The van der Waals surface area contributed by atoms with Crippen LogP contribution in [0.1, 0.15) is 15.9 Å². The van der Waals surface area contributed by atoms with E-state index in [4.69, 9.17) is 0 Å². The molecule has 0 aliphatic carbocycles. The molecule has 3 aromatic rings. The number of para-hydroxylation sites is 1. The molecule has 0 N–H and O–H groups in total. The van der Waals surface area contributed by atoms with Gasteiger partial charge < -0.3 is 4.57 Å². The predicted octanol–water partition coefficient (Wildman–Crippen LogP) is 2.16. The van der Waals surface area contributed by atoms with E-state index in [-0.39, 0.29) is 11.6 Å². The van der Waals surface area contributed by atoms with Crippen LogP contribution in [0.3, 0.4) is 0 Å². The highest BCUT2D eigenvalue weighted by molar-refractivity contribution is 7.16. The van der Waals surface area contributed by atoms with Crippen molar-refractivity contribution in [1.82, 2.24) is 9.47 Å². The fraction of sp³-hybridized carbons (Fsp3) is 0.111. The van der Waals surface area contributed by atoms with Crippen molar-refractivity contribution >= 4 is 39.1 Å². The zero-order valence-electron chi connectivity index (χ0n) is 13.6. The van der Waals surface area contributed by atoms with Crippen LogP contribution in [0, 0.1) is 0 Å². The number of amides is 2. The van der Waals surface area contributed by atoms with Crippen LogP contribution in [0.15, 0.2) is 58.7 Å². The molecule has 0 saturated carbocycles. The maximum Gasteiger partial charge on any atom is 0.281 e. The Balaban J connectivity index is 1.90. The number of aryl methyl sites for hydroxylation is 1. The van der Waals surface area contributed by atoms with E-state index in [1.165, 1.54) is 18.4 Å². The number of hydrogen-bond acceptors (Lipinski definition) is 5. The molecule has 0 radical (unpaired) electrons. The summed E-state index contributed by atoms with van der Waals surface area (Å²) in [4.78, 5) is 26.5. The third-order valence-electron chi connectivity index (χ3n) is 4.17. The first kappa shape index (κ1) is 15.5. The van der Waals surface area contributed by atoms with Gasteiger partial charge in [-0.2, -0.15) is 0 Å². The van der Waals surface area contributed by atoms with Gasteiger partial charge in [-0.3, -0.25) is 14.5 Å². The normalized spacial score (nSPS) is 16.8. The van der Waals surface area contributed by atoms with Crippen LogP contribution < -0.4 is 4.80 Å². The van der Waals surface area contributed by atoms with Gasteiger partial charge >= 0.3 is 0 Å². The Labute approximate surface area is 147 Å². The Bertz CT molecular complexity index is 1120. The molecule has 0 atom stereocenters. The highest BCUT2D eigenvalue weighted by Crippen LogP contribution is 2.20. The van der Waals surface area contributed by atoms with Gasteiger partial charge in [0.05, 0.1) is 10.2 Å². The van der Waals surface area contributed by atoms with Crippen molar-refractivity contribution in [2.75, 3.05) is 7.05 Å². The van der Waals surface area contributed by atoms with Gasteiger partial charge in [-0.05, 0) is 18.2 Å². The van der Waals surface area contributed by atoms with Gasteiger partial charge in [0.25, 0.3) is 11.8 Å². The number of carbonyl (C=O) groups excluding carboxylic acids is 2. The quantitative estimate of drug-likeness (QED) is 0.499. The number of fused-ring (bicyclic) bond motifs is 2. The smallest absolute Gasteiger partial charge is 0.281 e. The van der Waals surface area contributed by atoms with E-state index in [1.807, 2.05) is 35.9 Å². The molecule has 0 saturated heterocycles. The first-order chi connectivity index (χ1) is 12.1. The molecule has 4 rings (SSSR count). The van der Waals surface area contributed by atoms with Gasteiger partial charge in [0.2, 0.25) is 4.80 Å². The summed E-state index contributed by atoms with van der Waals surface area (Å²) < 4.78 is 3.02. The molecule has 6 nitrogen and oxygen atoms in total. The molecule has 0 spiro atoms. The molecule has 25 heavy (non-hydrogen) atoms. The third-order valence-corrected chi connectivity index (χ3v) is 5.28. The number of nitrogens with zero attached hydrogens (tertiary/aromatic N) is 4. The number of benzene rings is 2. The summed E-state index contributed by atoms with van der Waals surface area (Å²) in [6.45, 7) is 0. The molecule has 1 aliphatic heterocycles. The summed E-state index contributed by atoms with van der Waals surface area (Å²) in [6, 6.07) is 14.9. The zero-order valence-corrected chi connectivity index (χ0v) is 14.4. The molecule has 7 heteroatoms. The monoisotopic (exact) mass is 350 g/mol. The minimum atomic E-state index is -0.448. The Morgan fingerprint density at radius 1 is 0.840 bits per heavy atom. The standard InChI is InChI=1S/C18H14N4O2S/c1-21-13-9-5-6-10-14(13)25-18(21)20-19-15-11-7-3-4-8-12(11)16(23)22(2)17(15)24/h3-10H,1-2H3/b19-15-,20-18-. The van der Waals surface area contributed by atoms with Crippen molar-refractivity contribution in [1.29, 1.82) is 0 Å². The van der Waals surface area contributed by atoms with Gasteiger partial charge in [-0.1, -0.05) is 41.7 Å². The summed E-state index contributed by atoms with van der Waals surface area (Å²) >= 11 is 1.49. The second kappa shape index (κ2) is 5.78. The third kappa shape index (κ3) is 2.40. The lowest BCUT2D eigenvalue weighted by atomic mass is 9.97. The van der Waals surface area contributed by atoms with Gasteiger partial charge in [0.15, 0.2) is 5.71 Å². The number of imide groups is 1. The van der Waals surface area contributed by atoms with Gasteiger partial charge in [0, 0.05) is 25.2 Å². The lowest BCUT2D eigenvalue weighted by molar-refractivity contribution is -0.120. The summed E-state index contributed by atoms with van der Waals surface area (Å²) in [5, 5.41) is 8.49. The van der Waals surface area contributed by atoms with Crippen LogP contribution >= 0.6 is 11.3 Å². The van der Waals surface area contributed by atoms with Crippen LogP contribution in [0.25, 0.3) is 10.2 Å². The maximum atomic E-state index is 12.5. The molecule has 2 amide bonds. The predicted molar refractivity (Wildman–Crippen MR) is 96.4 cm³/mol. The summed E-state index contributed by atoms with van der Waals surface area (Å²) in [5.41, 5.74) is 2.20. The second-order valence-electron chi connectivity index (χ2n) is 5.67. The molecule has 2 aromatic carbocycles. The van der Waals surface area contributed by atoms with Crippen molar-refractivity contribution in [2.45, 2.75) is 0 Å². The Morgan fingerprint density at radius 3 is 2.28 bits per heavy atom. The van der Waals surface area contributed by atoms with Gasteiger partial charge in [-0.25, -0.2) is 0 Å². The van der Waals surface area contributed by atoms with Crippen molar-refractivity contribution < 1.29 is 9.59 Å². The van der Waals surface area contributed by atoms with E-state index in [0.29, 0.717) is 15.9 Å². The number of rotatable bonds is 1. The lowest BCUT2D eigenvalue weighted by Crippen LogP contribution is -2.43. The fourth-order valence-corrected chi connectivity index (χ4v) is 3.76. The van der Waals surface area contributed by atoms with E-state index in [0.717, 1.165) is 15.1 Å². The van der Waals surface area contributed by atoms with Gasteiger partial charge in [0.1, 0.15) is 0 Å².